The summed E-state index contributed by atoms with van der Waals surface area (Å²) in [7, 11) is 0. The van der Waals surface area contributed by atoms with Crippen LogP contribution in [0, 0.1) is 0 Å². The van der Waals surface area contributed by atoms with Crippen LogP contribution in [0.5, 0.6) is 0 Å². The lowest BCUT2D eigenvalue weighted by molar-refractivity contribution is 0.958. The predicted octanol–water partition coefficient (Wildman–Crippen LogP) is 4.42. The zero-order chi connectivity index (χ0) is 10.1. The van der Waals surface area contributed by atoms with Gasteiger partial charge in [0.25, 0.3) is 0 Å². The van der Waals surface area contributed by atoms with Crippen LogP contribution in [0.1, 0.15) is 33.6 Å². The van der Waals surface area contributed by atoms with Gasteiger partial charge in [0.2, 0.25) is 0 Å². The molecule has 13 heavy (non-hydrogen) atoms. The molecular weight excluding hydrogens is 156 g/mol. The Morgan fingerprint density at radius 3 is 2.62 bits per heavy atom. The molecule has 0 bridgehead atoms. The van der Waals surface area contributed by atoms with E-state index in [0.717, 1.165) is 12.0 Å². The van der Waals surface area contributed by atoms with Gasteiger partial charge in [0, 0.05) is 0 Å². The van der Waals surface area contributed by atoms with Crippen molar-refractivity contribution in [3.8, 4) is 0 Å². The summed E-state index contributed by atoms with van der Waals surface area (Å²) in [5.41, 5.74) is 2.33. The topological polar surface area (TPSA) is 0 Å². The summed E-state index contributed by atoms with van der Waals surface area (Å²) in [6.45, 7) is 10.3. The number of unbranched alkanes of at least 4 members (excludes halogenated alkanes) is 1. The van der Waals surface area contributed by atoms with Crippen molar-refractivity contribution >= 4 is 0 Å². The maximum absolute atomic E-state index is 3.99. The molecule has 0 heteroatoms. The fourth-order valence-electron chi connectivity index (χ4n) is 0.871. The Hall–Kier alpha value is -1.04. The Labute approximate surface area is 82.4 Å². The van der Waals surface area contributed by atoms with Crippen LogP contribution in [0.15, 0.2) is 48.1 Å². The second-order valence-corrected chi connectivity index (χ2v) is 3.09. The lowest BCUT2D eigenvalue weighted by Gasteiger charge is -1.97. The zero-order valence-corrected chi connectivity index (χ0v) is 9.01. The van der Waals surface area contributed by atoms with E-state index in [9.17, 15) is 0 Å². The number of rotatable bonds is 5. The van der Waals surface area contributed by atoms with Gasteiger partial charge in [0.1, 0.15) is 0 Å². The first-order chi connectivity index (χ1) is 6.22. The van der Waals surface area contributed by atoms with Gasteiger partial charge in [-0.1, -0.05) is 50.3 Å². The molecule has 0 fully saturated rings. The van der Waals surface area contributed by atoms with Crippen LogP contribution in [0.3, 0.4) is 0 Å². The Kier molecular flexibility index (Phi) is 6.99. The largest absolute Gasteiger partial charge is 0.0915 e. The highest BCUT2D eigenvalue weighted by atomic mass is 13.9. The van der Waals surface area contributed by atoms with Crippen LogP contribution >= 0.6 is 0 Å². The molecule has 0 aliphatic carbocycles. The predicted molar refractivity (Wildman–Crippen MR) is 61.8 cm³/mol. The maximum atomic E-state index is 3.99. The Morgan fingerprint density at radius 1 is 1.38 bits per heavy atom. The van der Waals surface area contributed by atoms with Crippen LogP contribution in [-0.4, -0.2) is 0 Å². The van der Waals surface area contributed by atoms with Gasteiger partial charge in [0.05, 0.1) is 0 Å². The standard InChI is InChI=1S/C13H20/c1-5-7-9-11-13(4)12(3)10-8-6-2/h6,8-11H,4-5,7H2,1-3H3. The summed E-state index contributed by atoms with van der Waals surface area (Å²) in [6, 6.07) is 0. The molecule has 0 N–H and O–H groups in total. The third kappa shape index (κ3) is 6.15. The van der Waals surface area contributed by atoms with Crippen molar-refractivity contribution < 1.29 is 0 Å². The summed E-state index contributed by atoms with van der Waals surface area (Å²) in [5, 5.41) is 0. The van der Waals surface area contributed by atoms with Crippen molar-refractivity contribution in [1.29, 1.82) is 0 Å². The highest BCUT2D eigenvalue weighted by molar-refractivity contribution is 5.37. The Morgan fingerprint density at radius 2 is 2.08 bits per heavy atom. The van der Waals surface area contributed by atoms with Crippen LogP contribution in [0.25, 0.3) is 0 Å². The number of hydrogen-bond donors (Lipinski definition) is 0. The molecule has 0 heterocycles. The van der Waals surface area contributed by atoms with E-state index >= 15 is 0 Å². The summed E-state index contributed by atoms with van der Waals surface area (Å²) >= 11 is 0. The van der Waals surface area contributed by atoms with Crippen LogP contribution in [0.2, 0.25) is 0 Å². The minimum atomic E-state index is 1.10. The minimum absolute atomic E-state index is 1.10. The Bertz CT molecular complexity index is 226. The van der Waals surface area contributed by atoms with E-state index < -0.39 is 0 Å². The molecule has 0 spiro atoms. The molecule has 0 radical (unpaired) electrons. The minimum Gasteiger partial charge on any atom is -0.0915 e. The molecule has 0 nitrogen and oxygen atoms in total. The van der Waals surface area contributed by atoms with Crippen molar-refractivity contribution in [3.05, 3.63) is 48.1 Å². The van der Waals surface area contributed by atoms with Crippen LogP contribution in [0.4, 0.5) is 0 Å². The lowest BCUT2D eigenvalue weighted by atomic mass is 10.1. The summed E-state index contributed by atoms with van der Waals surface area (Å²) in [4.78, 5) is 0. The van der Waals surface area contributed by atoms with Gasteiger partial charge in [-0.3, -0.25) is 0 Å². The molecule has 0 aromatic carbocycles. The molecule has 72 valence electrons. The molecule has 0 aliphatic heterocycles. The van der Waals surface area contributed by atoms with E-state index in [1.807, 2.05) is 19.1 Å². The van der Waals surface area contributed by atoms with Gasteiger partial charge in [-0.05, 0) is 31.4 Å². The normalized spacial score (nSPS) is 13.0. The second-order valence-electron chi connectivity index (χ2n) is 3.09. The molecule has 0 saturated carbocycles. The van der Waals surface area contributed by atoms with Crippen molar-refractivity contribution in [3.63, 3.8) is 0 Å². The van der Waals surface area contributed by atoms with Crippen molar-refractivity contribution in [2.45, 2.75) is 33.6 Å². The summed E-state index contributed by atoms with van der Waals surface area (Å²) < 4.78 is 0. The highest BCUT2D eigenvalue weighted by Gasteiger charge is 1.88. The molecular formula is C13H20. The fourth-order valence-corrected chi connectivity index (χ4v) is 0.871. The fraction of sp³-hybridized carbons (Fsp3) is 0.385. The van der Waals surface area contributed by atoms with Crippen molar-refractivity contribution in [1.82, 2.24) is 0 Å². The average Bonchev–Trinajstić information content (AvgIpc) is 2.14. The molecule has 0 unspecified atom stereocenters. The van der Waals surface area contributed by atoms with Crippen molar-refractivity contribution in [2.75, 3.05) is 0 Å². The summed E-state index contributed by atoms with van der Waals surface area (Å²) in [5.74, 6) is 0. The second kappa shape index (κ2) is 7.60. The molecule has 0 atom stereocenters. The summed E-state index contributed by atoms with van der Waals surface area (Å²) in [6.07, 6.45) is 12.7. The van der Waals surface area contributed by atoms with Crippen LogP contribution in [-0.2, 0) is 0 Å². The van der Waals surface area contributed by atoms with E-state index in [1.54, 1.807) is 0 Å². The van der Waals surface area contributed by atoms with Gasteiger partial charge in [-0.2, -0.15) is 0 Å². The number of hydrogen-bond acceptors (Lipinski definition) is 0. The van der Waals surface area contributed by atoms with Gasteiger partial charge in [0.15, 0.2) is 0 Å². The number of allylic oxidation sites excluding steroid dienone is 7. The van der Waals surface area contributed by atoms with E-state index in [0.29, 0.717) is 0 Å². The van der Waals surface area contributed by atoms with E-state index in [-0.39, 0.29) is 0 Å². The highest BCUT2D eigenvalue weighted by Crippen LogP contribution is 2.08. The first-order valence-corrected chi connectivity index (χ1v) is 4.87. The van der Waals surface area contributed by atoms with Gasteiger partial charge >= 0.3 is 0 Å². The monoisotopic (exact) mass is 176 g/mol. The van der Waals surface area contributed by atoms with E-state index in [4.69, 9.17) is 0 Å². The smallest absolute Gasteiger partial charge is 0.0303 e. The van der Waals surface area contributed by atoms with Gasteiger partial charge < -0.3 is 0 Å². The van der Waals surface area contributed by atoms with Crippen molar-refractivity contribution in [2.24, 2.45) is 0 Å². The SMILES string of the molecule is C=C(C=CCCC)C(C)=CC=CC. The zero-order valence-electron chi connectivity index (χ0n) is 9.01. The third-order valence-corrected chi connectivity index (χ3v) is 1.82. The molecule has 0 aliphatic rings. The van der Waals surface area contributed by atoms with Gasteiger partial charge in [-0.25, -0.2) is 0 Å². The molecule has 0 amide bonds. The molecule has 0 aromatic rings. The first-order valence-electron chi connectivity index (χ1n) is 4.87. The lowest BCUT2D eigenvalue weighted by Crippen LogP contribution is -1.77. The maximum Gasteiger partial charge on any atom is -0.0303 e. The molecule has 0 rings (SSSR count). The molecule has 0 saturated heterocycles. The average molecular weight is 176 g/mol. The quantitative estimate of drug-likeness (QED) is 0.544. The van der Waals surface area contributed by atoms with Crippen LogP contribution < -0.4 is 0 Å². The Balaban J connectivity index is 4.10. The van der Waals surface area contributed by atoms with Gasteiger partial charge in [-0.15, -0.1) is 0 Å². The van der Waals surface area contributed by atoms with E-state index in [2.05, 4.69) is 38.7 Å². The van der Waals surface area contributed by atoms with E-state index in [1.165, 1.54) is 12.0 Å². The first kappa shape index (κ1) is 12.0. The third-order valence-electron chi connectivity index (χ3n) is 1.82. The molecule has 0 aromatic heterocycles.